The first-order valence-corrected chi connectivity index (χ1v) is 14.0. The van der Waals surface area contributed by atoms with Gasteiger partial charge in [0.05, 0.1) is 17.2 Å². The van der Waals surface area contributed by atoms with Gasteiger partial charge in [0.25, 0.3) is 11.8 Å². The van der Waals surface area contributed by atoms with Gasteiger partial charge in [0.15, 0.2) is 0 Å². The van der Waals surface area contributed by atoms with E-state index >= 15 is 0 Å². The normalized spacial score (nSPS) is 24.6. The topological polar surface area (TPSA) is 90.0 Å². The van der Waals surface area contributed by atoms with Crippen LogP contribution in [-0.2, 0) is 9.59 Å². The van der Waals surface area contributed by atoms with Crippen molar-refractivity contribution in [3.63, 3.8) is 0 Å². The first-order chi connectivity index (χ1) is 19.5. The van der Waals surface area contributed by atoms with E-state index in [-0.39, 0.29) is 24.8 Å². The van der Waals surface area contributed by atoms with E-state index in [0.717, 1.165) is 36.5 Å². The van der Waals surface area contributed by atoms with Gasteiger partial charge in [-0.1, -0.05) is 60.7 Å². The average molecular weight is 535 g/mol. The van der Waals surface area contributed by atoms with Gasteiger partial charge in [-0.2, -0.15) is 0 Å². The fraction of sp³-hybridized carbons (Fsp3) is 0.312. The molecular formula is C32H30N4O4. The predicted octanol–water partition coefficient (Wildman–Crippen LogP) is 3.53. The summed E-state index contributed by atoms with van der Waals surface area (Å²) in [5, 5.41) is 2.25. The lowest BCUT2D eigenvalue weighted by Crippen LogP contribution is -2.55. The Labute approximate surface area is 232 Å². The van der Waals surface area contributed by atoms with Gasteiger partial charge >= 0.3 is 0 Å². The van der Waals surface area contributed by atoms with E-state index in [4.69, 9.17) is 0 Å². The molecule has 0 aliphatic carbocycles. The number of rotatable bonds is 5. The molecule has 202 valence electrons. The third kappa shape index (κ3) is 4.02. The number of piperidine rings is 1. The van der Waals surface area contributed by atoms with Crippen LogP contribution in [0.3, 0.4) is 0 Å². The SMILES string of the molecule is O=C1CCC(N2C(=O)c3ccc(N4CC5CCC(C4)N5C(c4ccccc4)c4ccccc4)cc3C2=O)C(=O)N1. The Balaban J connectivity index is 1.15. The molecule has 8 nitrogen and oxygen atoms in total. The van der Waals surface area contributed by atoms with Gasteiger partial charge in [-0.3, -0.25) is 34.3 Å². The van der Waals surface area contributed by atoms with Crippen LogP contribution in [0, 0.1) is 0 Å². The lowest BCUT2D eigenvalue weighted by molar-refractivity contribution is -0.136. The molecule has 8 heteroatoms. The summed E-state index contributed by atoms with van der Waals surface area (Å²) in [4.78, 5) is 56.6. The number of hydrogen-bond acceptors (Lipinski definition) is 6. The summed E-state index contributed by atoms with van der Waals surface area (Å²) in [5.74, 6) is -1.91. The number of amides is 4. The molecule has 40 heavy (non-hydrogen) atoms. The zero-order chi connectivity index (χ0) is 27.4. The van der Waals surface area contributed by atoms with Crippen molar-refractivity contribution in [2.45, 2.75) is 49.9 Å². The lowest BCUT2D eigenvalue weighted by atomic mass is 9.94. The standard InChI is InChI=1S/C32H30N4O4/c37-28-16-15-27(30(38)33-28)36-31(39)25-14-13-22(17-26(25)32(36)40)34-18-23-11-12-24(19-34)35(23)29(20-7-3-1-4-8-20)21-9-5-2-6-10-21/h1-10,13-14,17,23-24,27,29H,11-12,15-16,18-19H2,(H,33,37,38). The van der Waals surface area contributed by atoms with Gasteiger partial charge in [-0.05, 0) is 48.6 Å². The summed E-state index contributed by atoms with van der Waals surface area (Å²) in [6.45, 7) is 1.65. The number of fused-ring (bicyclic) bond motifs is 3. The third-order valence-corrected chi connectivity index (χ3v) is 8.86. The molecule has 3 atom stereocenters. The van der Waals surface area contributed by atoms with Crippen molar-refractivity contribution in [2.24, 2.45) is 0 Å². The van der Waals surface area contributed by atoms with Crippen molar-refractivity contribution >= 4 is 29.3 Å². The first kappa shape index (κ1) is 24.7. The Hall–Kier alpha value is -4.30. The second-order valence-corrected chi connectivity index (χ2v) is 11.1. The molecule has 3 saturated heterocycles. The molecule has 2 bridgehead atoms. The number of hydrogen-bond donors (Lipinski definition) is 1. The maximum atomic E-state index is 13.4. The van der Waals surface area contributed by atoms with Crippen LogP contribution in [0.2, 0.25) is 0 Å². The monoisotopic (exact) mass is 534 g/mol. The molecule has 7 rings (SSSR count). The molecule has 0 radical (unpaired) electrons. The number of anilines is 1. The van der Waals surface area contributed by atoms with E-state index in [1.54, 1.807) is 6.07 Å². The summed E-state index contributed by atoms with van der Waals surface area (Å²) in [6.07, 6.45) is 2.46. The van der Waals surface area contributed by atoms with Crippen LogP contribution < -0.4 is 10.2 Å². The van der Waals surface area contributed by atoms with Crippen molar-refractivity contribution in [3.05, 3.63) is 101 Å². The highest BCUT2D eigenvalue weighted by Crippen LogP contribution is 2.42. The van der Waals surface area contributed by atoms with Crippen LogP contribution >= 0.6 is 0 Å². The molecular weight excluding hydrogens is 504 g/mol. The Kier molecular flexibility index (Phi) is 6.00. The number of piperazine rings is 1. The summed E-state index contributed by atoms with van der Waals surface area (Å²) in [7, 11) is 0. The minimum Gasteiger partial charge on any atom is -0.368 e. The molecule has 4 aliphatic rings. The Morgan fingerprint density at radius 1 is 0.700 bits per heavy atom. The number of carbonyl (C=O) groups is 4. The molecule has 3 fully saturated rings. The number of nitrogens with one attached hydrogen (secondary N) is 1. The van der Waals surface area contributed by atoms with Gasteiger partial charge in [0.2, 0.25) is 11.8 Å². The zero-order valence-electron chi connectivity index (χ0n) is 22.0. The minimum atomic E-state index is -0.958. The van der Waals surface area contributed by atoms with E-state index in [0.29, 0.717) is 23.2 Å². The van der Waals surface area contributed by atoms with E-state index in [2.05, 4.69) is 75.8 Å². The quantitative estimate of drug-likeness (QED) is 0.504. The molecule has 4 aliphatic heterocycles. The molecule has 4 heterocycles. The molecule has 4 amide bonds. The van der Waals surface area contributed by atoms with Gasteiger partial charge < -0.3 is 4.90 Å². The fourth-order valence-electron chi connectivity index (χ4n) is 7.03. The second-order valence-electron chi connectivity index (χ2n) is 11.1. The van der Waals surface area contributed by atoms with Crippen molar-refractivity contribution < 1.29 is 19.2 Å². The Morgan fingerprint density at radius 2 is 1.30 bits per heavy atom. The van der Waals surface area contributed by atoms with Crippen LogP contribution in [0.15, 0.2) is 78.9 Å². The fourth-order valence-corrected chi connectivity index (χ4v) is 7.03. The molecule has 0 aromatic heterocycles. The Bertz CT molecular complexity index is 1450. The second kappa shape index (κ2) is 9.71. The van der Waals surface area contributed by atoms with Gasteiger partial charge in [-0.15, -0.1) is 0 Å². The highest BCUT2D eigenvalue weighted by Gasteiger charge is 2.47. The van der Waals surface area contributed by atoms with E-state index < -0.39 is 23.8 Å². The van der Waals surface area contributed by atoms with Crippen LogP contribution in [-0.4, -0.2) is 64.6 Å². The molecule has 3 aromatic carbocycles. The highest BCUT2D eigenvalue weighted by molar-refractivity contribution is 6.23. The van der Waals surface area contributed by atoms with Crippen molar-refractivity contribution in [3.8, 4) is 0 Å². The van der Waals surface area contributed by atoms with Crippen molar-refractivity contribution in [1.29, 1.82) is 0 Å². The van der Waals surface area contributed by atoms with Gasteiger partial charge in [0.1, 0.15) is 6.04 Å². The number of carbonyl (C=O) groups excluding carboxylic acids is 4. The molecule has 3 aromatic rings. The maximum absolute atomic E-state index is 13.4. The maximum Gasteiger partial charge on any atom is 0.262 e. The van der Waals surface area contributed by atoms with Gasteiger partial charge in [0, 0.05) is 37.3 Å². The minimum absolute atomic E-state index is 0.106. The average Bonchev–Trinajstić information content (AvgIpc) is 3.36. The van der Waals surface area contributed by atoms with Crippen LogP contribution in [0.4, 0.5) is 5.69 Å². The predicted molar refractivity (Wildman–Crippen MR) is 149 cm³/mol. The summed E-state index contributed by atoms with van der Waals surface area (Å²) < 4.78 is 0. The van der Waals surface area contributed by atoms with Crippen molar-refractivity contribution in [1.82, 2.24) is 15.1 Å². The molecule has 0 saturated carbocycles. The summed E-state index contributed by atoms with van der Waals surface area (Å²) >= 11 is 0. The third-order valence-electron chi connectivity index (χ3n) is 8.86. The van der Waals surface area contributed by atoms with Crippen LogP contribution in [0.5, 0.6) is 0 Å². The Morgan fingerprint density at radius 3 is 1.90 bits per heavy atom. The van der Waals surface area contributed by atoms with Gasteiger partial charge in [-0.25, -0.2) is 0 Å². The zero-order valence-corrected chi connectivity index (χ0v) is 22.0. The van der Waals surface area contributed by atoms with Crippen LogP contribution in [0.25, 0.3) is 0 Å². The van der Waals surface area contributed by atoms with Crippen LogP contribution in [0.1, 0.15) is 63.6 Å². The molecule has 3 unspecified atom stereocenters. The first-order valence-electron chi connectivity index (χ1n) is 14.0. The summed E-state index contributed by atoms with van der Waals surface area (Å²) in [5.41, 5.74) is 4.13. The van der Waals surface area contributed by atoms with E-state index in [1.165, 1.54) is 11.1 Å². The smallest absolute Gasteiger partial charge is 0.262 e. The number of benzene rings is 3. The van der Waals surface area contributed by atoms with E-state index in [1.807, 2.05) is 12.1 Å². The van der Waals surface area contributed by atoms with E-state index in [9.17, 15) is 19.2 Å². The summed E-state index contributed by atoms with van der Waals surface area (Å²) in [6, 6.07) is 26.7. The molecule has 0 spiro atoms. The highest BCUT2D eigenvalue weighted by atomic mass is 16.2. The largest absolute Gasteiger partial charge is 0.368 e. The van der Waals surface area contributed by atoms with Crippen molar-refractivity contribution in [2.75, 3.05) is 18.0 Å². The number of imide groups is 2. The molecule has 1 N–H and O–H groups in total. The number of nitrogens with zero attached hydrogens (tertiary/aromatic N) is 3. The lowest BCUT2D eigenvalue weighted by Gasteiger charge is -2.46.